The third kappa shape index (κ3) is 6.67. The molecule has 0 aliphatic heterocycles. The first kappa shape index (κ1) is 18.8. The predicted molar refractivity (Wildman–Crippen MR) is 61.7 cm³/mol. The summed E-state index contributed by atoms with van der Waals surface area (Å²) in [6.45, 7) is 3.13. The molecule has 0 unspecified atom stereocenters. The first-order valence-electron chi connectivity index (χ1n) is 5.35. The molecule has 4 N–H and O–H groups in total. The Labute approximate surface area is 126 Å². The van der Waals surface area contributed by atoms with Crippen LogP contribution in [0.3, 0.4) is 0 Å². The van der Waals surface area contributed by atoms with Gasteiger partial charge in [0.25, 0.3) is 11.5 Å². The fraction of sp³-hybridized carbons (Fsp3) is 0.167. The molecule has 0 atom stereocenters. The molecule has 2 rings (SSSR count). The quantitative estimate of drug-likeness (QED) is 0.497. The van der Waals surface area contributed by atoms with Gasteiger partial charge in [-0.2, -0.15) is 0 Å². The summed E-state index contributed by atoms with van der Waals surface area (Å²) in [6.07, 6.45) is 2.62. The molecule has 0 saturated heterocycles. The Bertz CT molecular complexity index is 667. The number of aryl methyl sites for hydroxylation is 2. The van der Waals surface area contributed by atoms with Crippen molar-refractivity contribution >= 4 is 0 Å². The van der Waals surface area contributed by atoms with Gasteiger partial charge in [-0.1, -0.05) is 0 Å². The van der Waals surface area contributed by atoms with Crippen molar-refractivity contribution in [2.24, 2.45) is 0 Å². The van der Waals surface area contributed by atoms with E-state index in [9.17, 15) is 0 Å². The monoisotopic (exact) mass is 384 g/mol. The van der Waals surface area contributed by atoms with Crippen molar-refractivity contribution < 1.29 is 53.9 Å². The second-order valence-electron chi connectivity index (χ2n) is 3.49. The van der Waals surface area contributed by atoms with Gasteiger partial charge in [0, 0.05) is 0 Å². The van der Waals surface area contributed by atoms with Crippen molar-refractivity contribution in [3.63, 3.8) is 0 Å². The third-order valence-corrected chi connectivity index (χ3v) is 2.09. The molecule has 0 aromatic carbocycles. The standard InChI is InChI=1S/2C6H6O3.Mo.2O/c2*1-4-6(8)5(7)2-3-9-4;;;/h2*2-3,8H,1H3;;;/p+2. The van der Waals surface area contributed by atoms with E-state index in [0.29, 0.717) is 11.5 Å². The molecule has 0 aliphatic carbocycles. The molecule has 0 bridgehead atoms. The molecule has 0 spiro atoms. The first-order chi connectivity index (χ1) is 9.84. The number of rotatable bonds is 0. The van der Waals surface area contributed by atoms with E-state index in [1.54, 1.807) is 13.8 Å². The van der Waals surface area contributed by atoms with Crippen molar-refractivity contribution in [1.82, 2.24) is 0 Å². The van der Waals surface area contributed by atoms with E-state index in [1.807, 2.05) is 0 Å². The summed E-state index contributed by atoms with van der Waals surface area (Å²) in [5.41, 5.74) is -0.308. The van der Waals surface area contributed by atoms with Crippen LogP contribution in [0.2, 0.25) is 0 Å². The van der Waals surface area contributed by atoms with Gasteiger partial charge in [-0.15, -0.1) is 0 Å². The molecule has 21 heavy (non-hydrogen) atoms. The minimum atomic E-state index is -2.03. The second-order valence-corrected chi connectivity index (χ2v) is 3.82. The molecule has 2 aromatic heterocycles. The van der Waals surface area contributed by atoms with E-state index in [-0.39, 0.29) is 22.4 Å². The zero-order valence-electron chi connectivity index (χ0n) is 11.1. The normalized spacial score (nSPS) is 8.67. The maximum absolute atomic E-state index is 8.86. The Morgan fingerprint density at radius 1 is 0.905 bits per heavy atom. The van der Waals surface area contributed by atoms with Gasteiger partial charge < -0.3 is 19.0 Å². The molecule has 8 nitrogen and oxygen atoms in total. The van der Waals surface area contributed by atoms with Crippen LogP contribution in [0.4, 0.5) is 0 Å². The first-order valence-corrected chi connectivity index (χ1v) is 6.99. The average Bonchev–Trinajstić information content (AvgIpc) is 2.44. The Morgan fingerprint density at radius 3 is 1.38 bits per heavy atom. The van der Waals surface area contributed by atoms with E-state index in [0.717, 1.165) is 0 Å². The Morgan fingerprint density at radius 2 is 1.19 bits per heavy atom. The van der Waals surface area contributed by atoms with Crippen LogP contribution in [0.25, 0.3) is 0 Å². The number of hydrogen-bond acceptors (Lipinski definition) is 6. The van der Waals surface area contributed by atoms with Crippen LogP contribution in [0.1, 0.15) is 11.5 Å². The van der Waals surface area contributed by atoms with Gasteiger partial charge in [0.2, 0.25) is 0 Å². The molecular weight excluding hydrogens is 368 g/mol. The summed E-state index contributed by atoms with van der Waals surface area (Å²) in [7, 11) is 0. The van der Waals surface area contributed by atoms with Crippen molar-refractivity contribution in [1.29, 1.82) is 0 Å². The van der Waals surface area contributed by atoms with E-state index in [1.165, 1.54) is 24.7 Å². The molecule has 0 fully saturated rings. The van der Waals surface area contributed by atoms with Crippen molar-refractivity contribution in [3.8, 4) is 11.5 Å². The summed E-state index contributed by atoms with van der Waals surface area (Å²) in [4.78, 5) is 17.6. The molecule has 0 radical (unpaired) electrons. The van der Waals surface area contributed by atoms with Crippen molar-refractivity contribution in [2.75, 3.05) is 0 Å². The summed E-state index contributed by atoms with van der Waals surface area (Å²) in [6, 6.07) is 2.56. The van der Waals surface area contributed by atoms with E-state index >= 15 is 0 Å². The van der Waals surface area contributed by atoms with E-state index in [4.69, 9.17) is 35.4 Å². The number of aromatic hydroxyl groups is 2. The van der Waals surface area contributed by atoms with Crippen LogP contribution in [-0.4, -0.2) is 19.8 Å². The summed E-state index contributed by atoms with van der Waals surface area (Å²) in [5.74, 6) is 0.236. The molecule has 9 heteroatoms. The third-order valence-electron chi connectivity index (χ3n) is 2.09. The zero-order valence-corrected chi connectivity index (χ0v) is 13.1. The zero-order chi connectivity index (χ0) is 16.4. The van der Waals surface area contributed by atoms with Crippen LogP contribution in [0.15, 0.2) is 33.5 Å². The Kier molecular flexibility index (Phi) is 8.64. The maximum atomic E-state index is 8.86. The van der Waals surface area contributed by atoms with Crippen LogP contribution < -0.4 is 10.9 Å². The predicted octanol–water partition coefficient (Wildman–Crippen LogP) is 0.356. The van der Waals surface area contributed by atoms with Gasteiger partial charge in [-0.3, -0.25) is 9.59 Å². The summed E-state index contributed by atoms with van der Waals surface area (Å²) in [5, 5.41) is 17.7. The molecule has 2 aromatic rings. The summed E-state index contributed by atoms with van der Waals surface area (Å²) < 4.78 is 26.5. The molecule has 114 valence electrons. The van der Waals surface area contributed by atoms with Gasteiger partial charge in [0.1, 0.15) is 12.5 Å². The van der Waals surface area contributed by atoms with Crippen LogP contribution in [0.5, 0.6) is 11.5 Å². The van der Waals surface area contributed by atoms with Crippen LogP contribution >= 0.6 is 0 Å². The Balaban J connectivity index is 0.000000322. The van der Waals surface area contributed by atoms with Crippen molar-refractivity contribution in [2.45, 2.75) is 13.8 Å². The van der Waals surface area contributed by atoms with Gasteiger partial charge in [-0.25, -0.2) is 0 Å². The fourth-order valence-corrected chi connectivity index (χ4v) is 1.03. The molecule has 0 aliphatic rings. The van der Waals surface area contributed by atoms with Gasteiger partial charge in [0.05, 0.1) is 12.1 Å². The number of hydrogen-bond donors (Lipinski definition) is 2. The van der Waals surface area contributed by atoms with Crippen molar-refractivity contribution in [3.05, 3.63) is 47.0 Å². The van der Waals surface area contributed by atoms with Gasteiger partial charge >= 0.3 is 36.1 Å². The SMILES string of the molecule is Cc1occc(=[OH+])c1O.Cc1occc(=[OH+])c1O.[O]=[Mo]=[O]. The second kappa shape index (κ2) is 9.65. The Hall–Kier alpha value is -2.21. The molecule has 0 saturated carbocycles. The minimum absolute atomic E-state index is 0.154. The van der Waals surface area contributed by atoms with E-state index in [2.05, 4.69) is 0 Å². The molecule has 0 amide bonds. The topological polar surface area (TPSA) is 144 Å². The molecule has 2 heterocycles. The molecular formula is C12H14MoO8+2. The van der Waals surface area contributed by atoms with Gasteiger partial charge in [-0.05, 0) is 13.8 Å². The van der Waals surface area contributed by atoms with Crippen LogP contribution in [0, 0.1) is 13.8 Å². The van der Waals surface area contributed by atoms with Gasteiger partial charge in [0.15, 0.2) is 11.5 Å². The van der Waals surface area contributed by atoms with Crippen LogP contribution in [-0.2, 0) is 25.3 Å². The summed E-state index contributed by atoms with van der Waals surface area (Å²) >= 11 is -2.03. The van der Waals surface area contributed by atoms with E-state index < -0.39 is 18.5 Å². The fourth-order valence-electron chi connectivity index (χ4n) is 1.03. The average molecular weight is 382 g/mol.